The number of benzene rings is 1. The van der Waals surface area contributed by atoms with Gasteiger partial charge in [0.05, 0.1) is 30.4 Å². The van der Waals surface area contributed by atoms with Gasteiger partial charge in [-0.1, -0.05) is 12.1 Å². The summed E-state index contributed by atoms with van der Waals surface area (Å²) in [5.41, 5.74) is 1.03. The number of nitrogens with zero attached hydrogens (tertiary/aromatic N) is 3. The van der Waals surface area contributed by atoms with Gasteiger partial charge in [0.25, 0.3) is 0 Å². The molecule has 0 saturated carbocycles. The molecule has 0 aliphatic carbocycles. The van der Waals surface area contributed by atoms with Gasteiger partial charge >= 0.3 is 0 Å². The average Bonchev–Trinajstić information content (AvgIpc) is 3.28. The topological polar surface area (TPSA) is 82.9 Å². The highest BCUT2D eigenvalue weighted by Gasteiger charge is 2.43. The molecule has 136 valence electrons. The van der Waals surface area contributed by atoms with E-state index in [9.17, 15) is 14.9 Å². The van der Waals surface area contributed by atoms with Gasteiger partial charge in [-0.3, -0.25) is 9.59 Å². The number of para-hydroxylation sites is 1. The number of rotatable bonds is 2. The number of likely N-dealkylation sites (tertiary alicyclic amines) is 1. The van der Waals surface area contributed by atoms with Crippen LogP contribution in [0.1, 0.15) is 24.8 Å². The summed E-state index contributed by atoms with van der Waals surface area (Å²) >= 11 is 0. The Hall–Kier alpha value is -2.43. The Morgan fingerprint density at radius 3 is 2.58 bits per heavy atom. The van der Waals surface area contributed by atoms with Crippen LogP contribution in [-0.2, 0) is 19.1 Å². The molecule has 2 amide bonds. The molecule has 1 spiro atoms. The van der Waals surface area contributed by atoms with Crippen LogP contribution in [0.25, 0.3) is 0 Å². The number of piperidine rings is 1. The third-order valence-electron chi connectivity index (χ3n) is 5.44. The molecular formula is C19H21N3O4. The third-order valence-corrected chi connectivity index (χ3v) is 5.44. The summed E-state index contributed by atoms with van der Waals surface area (Å²) in [5, 5.41) is 9.26. The zero-order valence-electron chi connectivity index (χ0n) is 14.5. The molecule has 0 aromatic heterocycles. The first kappa shape index (κ1) is 17.0. The average molecular weight is 355 g/mol. The van der Waals surface area contributed by atoms with E-state index in [-0.39, 0.29) is 24.2 Å². The first-order valence-electron chi connectivity index (χ1n) is 8.98. The zero-order chi connectivity index (χ0) is 18.1. The summed E-state index contributed by atoms with van der Waals surface area (Å²) in [6.45, 7) is 2.71. The number of nitriles is 1. The fourth-order valence-corrected chi connectivity index (χ4v) is 4.02. The van der Waals surface area contributed by atoms with Crippen molar-refractivity contribution in [3.05, 3.63) is 29.8 Å². The number of carbonyl (C=O) groups is 2. The van der Waals surface area contributed by atoms with E-state index < -0.39 is 5.79 Å². The van der Waals surface area contributed by atoms with Crippen LogP contribution in [-0.4, -0.2) is 55.3 Å². The van der Waals surface area contributed by atoms with Crippen LogP contribution >= 0.6 is 0 Å². The Morgan fingerprint density at radius 2 is 1.88 bits per heavy atom. The lowest BCUT2D eigenvalue weighted by molar-refractivity contribution is -0.188. The first-order chi connectivity index (χ1) is 12.6. The second-order valence-corrected chi connectivity index (χ2v) is 6.97. The summed E-state index contributed by atoms with van der Waals surface area (Å²) in [6.07, 6.45) is 1.52. The molecule has 1 atom stereocenters. The minimum Gasteiger partial charge on any atom is -0.347 e. The van der Waals surface area contributed by atoms with Gasteiger partial charge in [0.2, 0.25) is 11.8 Å². The van der Waals surface area contributed by atoms with E-state index in [1.807, 2.05) is 4.90 Å². The Morgan fingerprint density at radius 1 is 1.19 bits per heavy atom. The lowest BCUT2D eigenvalue weighted by Gasteiger charge is -2.38. The molecule has 3 saturated heterocycles. The maximum atomic E-state index is 12.9. The highest BCUT2D eigenvalue weighted by molar-refractivity contribution is 6.01. The van der Waals surface area contributed by atoms with Crippen molar-refractivity contribution >= 4 is 17.5 Å². The van der Waals surface area contributed by atoms with Crippen LogP contribution in [0.15, 0.2) is 24.3 Å². The minimum absolute atomic E-state index is 0.00290. The van der Waals surface area contributed by atoms with Gasteiger partial charge < -0.3 is 19.3 Å². The molecule has 3 aliphatic rings. The number of ether oxygens (including phenoxy) is 2. The Bertz CT molecular complexity index is 756. The maximum Gasteiger partial charge on any atom is 0.228 e. The molecule has 4 rings (SSSR count). The number of carbonyl (C=O) groups excluding carboxylic acids is 2. The number of hydrogen-bond acceptors (Lipinski definition) is 5. The van der Waals surface area contributed by atoms with Crippen molar-refractivity contribution in [3.8, 4) is 6.07 Å². The Labute approximate surface area is 152 Å². The molecule has 7 heteroatoms. The lowest BCUT2D eigenvalue weighted by Crippen LogP contribution is -2.49. The summed E-state index contributed by atoms with van der Waals surface area (Å²) in [5.74, 6) is -0.987. The SMILES string of the molecule is N#Cc1ccccc1N1CC(C(=O)N2CCC3(CC2)OCCO3)CC1=O. The van der Waals surface area contributed by atoms with E-state index in [4.69, 9.17) is 9.47 Å². The van der Waals surface area contributed by atoms with Crippen LogP contribution in [0.2, 0.25) is 0 Å². The van der Waals surface area contributed by atoms with Gasteiger partial charge in [0.15, 0.2) is 5.79 Å². The molecule has 1 aromatic carbocycles. The van der Waals surface area contributed by atoms with Gasteiger partial charge in [-0.05, 0) is 12.1 Å². The normalized spacial score (nSPS) is 24.9. The zero-order valence-corrected chi connectivity index (χ0v) is 14.5. The fraction of sp³-hybridized carbons (Fsp3) is 0.526. The second-order valence-electron chi connectivity index (χ2n) is 6.97. The van der Waals surface area contributed by atoms with E-state index in [1.165, 1.54) is 0 Å². The van der Waals surface area contributed by atoms with Crippen molar-refractivity contribution in [3.63, 3.8) is 0 Å². The smallest absolute Gasteiger partial charge is 0.228 e. The maximum absolute atomic E-state index is 12.9. The molecule has 0 bridgehead atoms. The highest BCUT2D eigenvalue weighted by atomic mass is 16.7. The van der Waals surface area contributed by atoms with Crippen LogP contribution in [0.5, 0.6) is 0 Å². The summed E-state index contributed by atoms with van der Waals surface area (Å²) < 4.78 is 11.4. The van der Waals surface area contributed by atoms with E-state index in [0.717, 1.165) is 0 Å². The van der Waals surface area contributed by atoms with Gasteiger partial charge in [-0.25, -0.2) is 0 Å². The predicted octanol–water partition coefficient (Wildman–Crippen LogP) is 1.28. The van der Waals surface area contributed by atoms with Crippen molar-refractivity contribution in [2.75, 3.05) is 37.7 Å². The molecule has 1 unspecified atom stereocenters. The number of anilines is 1. The molecule has 3 aliphatic heterocycles. The summed E-state index contributed by atoms with van der Waals surface area (Å²) in [7, 11) is 0. The van der Waals surface area contributed by atoms with Crippen LogP contribution in [0.4, 0.5) is 5.69 Å². The van der Waals surface area contributed by atoms with Crippen LogP contribution in [0.3, 0.4) is 0 Å². The van der Waals surface area contributed by atoms with Crippen molar-refractivity contribution in [1.82, 2.24) is 4.90 Å². The van der Waals surface area contributed by atoms with E-state index in [2.05, 4.69) is 6.07 Å². The van der Waals surface area contributed by atoms with Gasteiger partial charge in [0.1, 0.15) is 6.07 Å². The van der Waals surface area contributed by atoms with Gasteiger partial charge in [-0.15, -0.1) is 0 Å². The molecule has 3 heterocycles. The fourth-order valence-electron chi connectivity index (χ4n) is 4.02. The Balaban J connectivity index is 1.42. The largest absolute Gasteiger partial charge is 0.347 e. The molecule has 1 aromatic rings. The second kappa shape index (κ2) is 6.71. The molecule has 26 heavy (non-hydrogen) atoms. The van der Waals surface area contributed by atoms with Crippen molar-refractivity contribution in [2.45, 2.75) is 25.0 Å². The lowest BCUT2D eigenvalue weighted by atomic mass is 10.0. The monoisotopic (exact) mass is 355 g/mol. The molecular weight excluding hydrogens is 334 g/mol. The van der Waals surface area contributed by atoms with E-state index in [0.29, 0.717) is 56.9 Å². The van der Waals surface area contributed by atoms with Gasteiger partial charge in [0, 0.05) is 38.9 Å². The minimum atomic E-state index is -0.514. The number of hydrogen-bond donors (Lipinski definition) is 0. The van der Waals surface area contributed by atoms with Crippen LogP contribution < -0.4 is 4.90 Å². The predicted molar refractivity (Wildman–Crippen MR) is 92.1 cm³/mol. The van der Waals surface area contributed by atoms with E-state index in [1.54, 1.807) is 29.2 Å². The third kappa shape index (κ3) is 2.96. The van der Waals surface area contributed by atoms with Crippen LogP contribution in [0, 0.1) is 17.2 Å². The van der Waals surface area contributed by atoms with Crippen molar-refractivity contribution in [2.24, 2.45) is 5.92 Å². The summed E-state index contributed by atoms with van der Waals surface area (Å²) in [6, 6.07) is 9.11. The molecule has 7 nitrogen and oxygen atoms in total. The van der Waals surface area contributed by atoms with Crippen molar-refractivity contribution in [1.29, 1.82) is 5.26 Å². The molecule has 0 N–H and O–H groups in total. The number of amides is 2. The Kier molecular flexibility index (Phi) is 4.39. The van der Waals surface area contributed by atoms with Crippen molar-refractivity contribution < 1.29 is 19.1 Å². The standard InChI is InChI=1S/C19H21N3O4/c20-12-14-3-1-2-4-16(14)22-13-15(11-17(22)23)18(24)21-7-5-19(6-8-21)25-9-10-26-19/h1-4,15H,5-11,13H2. The quantitative estimate of drug-likeness (QED) is 0.798. The van der Waals surface area contributed by atoms with E-state index >= 15 is 0 Å². The van der Waals surface area contributed by atoms with Gasteiger partial charge in [-0.2, -0.15) is 5.26 Å². The first-order valence-corrected chi connectivity index (χ1v) is 8.98. The highest BCUT2D eigenvalue weighted by Crippen LogP contribution is 2.33. The summed E-state index contributed by atoms with van der Waals surface area (Å²) in [4.78, 5) is 28.7. The molecule has 0 radical (unpaired) electrons. The molecule has 3 fully saturated rings.